The van der Waals surface area contributed by atoms with Gasteiger partial charge in [0.15, 0.2) is 0 Å². The quantitative estimate of drug-likeness (QED) is 0.189. The number of nitrogens with zero attached hydrogens (tertiary/aromatic N) is 2. The van der Waals surface area contributed by atoms with E-state index in [9.17, 15) is 0 Å². The molecule has 0 radical (unpaired) electrons. The zero-order chi connectivity index (χ0) is 30.5. The van der Waals surface area contributed by atoms with Crippen LogP contribution in [0.5, 0.6) is 0 Å². The van der Waals surface area contributed by atoms with Crippen LogP contribution in [0.3, 0.4) is 0 Å². The van der Waals surface area contributed by atoms with Crippen LogP contribution in [-0.2, 0) is 0 Å². The molecule has 0 atom stereocenters. The minimum absolute atomic E-state index is 0.529. The van der Waals surface area contributed by atoms with Gasteiger partial charge in [-0.05, 0) is 87.7 Å². The Morgan fingerprint density at radius 2 is 0.978 bits per heavy atom. The molecule has 0 aliphatic heterocycles. The van der Waals surface area contributed by atoms with Gasteiger partial charge in [-0.2, -0.15) is 0 Å². The Hall–Kier alpha value is -4.56. The number of benzene rings is 5. The summed E-state index contributed by atoms with van der Waals surface area (Å²) >= 11 is 0. The van der Waals surface area contributed by atoms with Crippen LogP contribution < -0.4 is 0 Å². The summed E-state index contributed by atoms with van der Waals surface area (Å²) in [7, 11) is 0. The maximum atomic E-state index is 5.45. The molecule has 2 nitrogen and oxygen atoms in total. The van der Waals surface area contributed by atoms with Gasteiger partial charge in [-0.15, -0.1) is 0 Å². The van der Waals surface area contributed by atoms with E-state index in [0.717, 1.165) is 11.0 Å². The molecule has 9 rings (SSSR count). The summed E-state index contributed by atoms with van der Waals surface area (Å²) in [6.45, 7) is 0. The minimum atomic E-state index is 0.529. The number of hydrogen-bond donors (Lipinski definition) is 0. The smallest absolute Gasteiger partial charge is 0.0974 e. The van der Waals surface area contributed by atoms with Crippen molar-refractivity contribution in [1.29, 1.82) is 0 Å². The van der Waals surface area contributed by atoms with Crippen molar-refractivity contribution in [3.05, 3.63) is 121 Å². The molecule has 2 saturated carbocycles. The lowest BCUT2D eigenvalue weighted by atomic mass is 9.85. The summed E-state index contributed by atoms with van der Waals surface area (Å²) < 4.78 is 0. The van der Waals surface area contributed by atoms with E-state index in [2.05, 4.69) is 109 Å². The van der Waals surface area contributed by atoms with Crippen LogP contribution >= 0.6 is 0 Å². The normalized spacial score (nSPS) is 16.5. The predicted molar refractivity (Wildman–Crippen MR) is 195 cm³/mol. The fourth-order valence-corrected chi connectivity index (χ4v) is 8.41. The minimum Gasteiger partial charge on any atom is -0.250 e. The molecule has 2 heteroatoms. The molecule has 5 aromatic carbocycles. The van der Waals surface area contributed by atoms with E-state index >= 15 is 0 Å². The molecule has 0 unspecified atom stereocenters. The molecule has 0 bridgehead atoms. The van der Waals surface area contributed by atoms with Crippen LogP contribution in [0.2, 0.25) is 0 Å². The zero-order valence-corrected chi connectivity index (χ0v) is 26.5. The second kappa shape index (κ2) is 11.7. The highest BCUT2D eigenvalue weighted by Crippen LogP contribution is 2.40. The molecule has 0 N–H and O–H groups in total. The number of fused-ring (bicyclic) bond motifs is 6. The van der Waals surface area contributed by atoms with E-state index in [-0.39, 0.29) is 0 Å². The third kappa shape index (κ3) is 4.96. The molecular formula is C44H40N2. The van der Waals surface area contributed by atoms with Gasteiger partial charge in [-0.3, -0.25) is 9.97 Å². The SMILES string of the molecule is c1ccc2c(c1)ccc1cc(-c3ccc(-c4cc(C5CCCCC5)nc5c4ccc4ccc(C6CCCCC6)nc45)cc3)ccc12. The first-order valence-corrected chi connectivity index (χ1v) is 17.6. The predicted octanol–water partition coefficient (Wildman–Crippen LogP) is 12.5. The average Bonchev–Trinajstić information content (AvgIpc) is 3.14. The molecule has 0 saturated heterocycles. The van der Waals surface area contributed by atoms with E-state index in [0.29, 0.717) is 11.8 Å². The molecule has 2 fully saturated rings. The lowest BCUT2D eigenvalue weighted by molar-refractivity contribution is 0.437. The molecule has 46 heavy (non-hydrogen) atoms. The fraction of sp³-hybridized carbons (Fsp3) is 0.273. The van der Waals surface area contributed by atoms with Crippen molar-refractivity contribution in [2.45, 2.75) is 76.0 Å². The summed E-state index contributed by atoms with van der Waals surface area (Å²) in [5.74, 6) is 1.11. The van der Waals surface area contributed by atoms with Gasteiger partial charge in [-0.25, -0.2) is 0 Å². The monoisotopic (exact) mass is 596 g/mol. The number of hydrogen-bond acceptors (Lipinski definition) is 2. The number of rotatable bonds is 4. The van der Waals surface area contributed by atoms with Gasteiger partial charge in [0, 0.05) is 34.0 Å². The molecular weight excluding hydrogens is 556 g/mol. The van der Waals surface area contributed by atoms with E-state index < -0.39 is 0 Å². The van der Waals surface area contributed by atoms with Gasteiger partial charge in [-0.1, -0.05) is 130 Å². The summed E-state index contributed by atoms with van der Waals surface area (Å²) in [5.41, 5.74) is 9.72. The standard InChI is InChI=1S/C44H40N2/c1-3-10-32(11-4-1)41-26-23-34-21-25-39-40(28-42(33-12-5-2-6-13-33)46-44(39)43(34)45-41)31-17-15-29(16-18-31)35-22-24-38-36(27-35)20-19-30-9-7-8-14-37(30)38/h7-9,14-28,32-33H,1-6,10-13H2. The maximum absolute atomic E-state index is 5.45. The van der Waals surface area contributed by atoms with Crippen LogP contribution in [0.15, 0.2) is 109 Å². The third-order valence-electron chi connectivity index (χ3n) is 11.0. The summed E-state index contributed by atoms with van der Waals surface area (Å²) in [5, 5.41) is 7.61. The zero-order valence-electron chi connectivity index (χ0n) is 26.5. The molecule has 2 aliphatic carbocycles. The Balaban J connectivity index is 1.15. The van der Waals surface area contributed by atoms with Gasteiger partial charge < -0.3 is 0 Å². The van der Waals surface area contributed by atoms with Crippen molar-refractivity contribution in [1.82, 2.24) is 9.97 Å². The van der Waals surface area contributed by atoms with Crippen molar-refractivity contribution >= 4 is 43.4 Å². The van der Waals surface area contributed by atoms with Crippen molar-refractivity contribution < 1.29 is 0 Å². The van der Waals surface area contributed by atoms with E-state index in [4.69, 9.17) is 9.97 Å². The molecule has 2 heterocycles. The van der Waals surface area contributed by atoms with Gasteiger partial charge in [0.25, 0.3) is 0 Å². The lowest BCUT2D eigenvalue weighted by Gasteiger charge is -2.23. The van der Waals surface area contributed by atoms with Crippen LogP contribution in [0.25, 0.3) is 65.6 Å². The van der Waals surface area contributed by atoms with E-state index in [1.165, 1.54) is 130 Å². The Morgan fingerprint density at radius 1 is 0.391 bits per heavy atom. The molecule has 0 spiro atoms. The van der Waals surface area contributed by atoms with E-state index in [1.54, 1.807) is 0 Å². The lowest BCUT2D eigenvalue weighted by Crippen LogP contribution is -2.08. The second-order valence-electron chi connectivity index (χ2n) is 13.8. The van der Waals surface area contributed by atoms with Gasteiger partial charge in [0.2, 0.25) is 0 Å². The highest BCUT2D eigenvalue weighted by Gasteiger charge is 2.22. The molecule has 7 aromatic rings. The Kier molecular flexibility index (Phi) is 7.03. The molecule has 2 aliphatic rings. The average molecular weight is 597 g/mol. The maximum Gasteiger partial charge on any atom is 0.0974 e. The molecule has 226 valence electrons. The summed E-state index contributed by atoms with van der Waals surface area (Å²) in [6, 6.07) is 40.8. The third-order valence-corrected chi connectivity index (χ3v) is 11.0. The largest absolute Gasteiger partial charge is 0.250 e. The van der Waals surface area contributed by atoms with Crippen molar-refractivity contribution in [2.24, 2.45) is 0 Å². The fourth-order valence-electron chi connectivity index (χ4n) is 8.41. The Morgan fingerprint density at radius 3 is 1.78 bits per heavy atom. The van der Waals surface area contributed by atoms with Crippen molar-refractivity contribution in [3.63, 3.8) is 0 Å². The molecule has 2 aromatic heterocycles. The van der Waals surface area contributed by atoms with Gasteiger partial charge in [0.1, 0.15) is 0 Å². The van der Waals surface area contributed by atoms with Gasteiger partial charge >= 0.3 is 0 Å². The van der Waals surface area contributed by atoms with Crippen LogP contribution in [0, 0.1) is 0 Å². The van der Waals surface area contributed by atoms with Crippen molar-refractivity contribution in [3.8, 4) is 22.3 Å². The second-order valence-corrected chi connectivity index (χ2v) is 13.8. The Labute approximate surface area is 271 Å². The molecule has 0 amide bonds. The topological polar surface area (TPSA) is 25.8 Å². The highest BCUT2D eigenvalue weighted by atomic mass is 14.8. The van der Waals surface area contributed by atoms with E-state index in [1.807, 2.05) is 0 Å². The summed E-state index contributed by atoms with van der Waals surface area (Å²) in [4.78, 5) is 10.8. The Bertz CT molecular complexity index is 2220. The first-order chi connectivity index (χ1) is 22.8. The number of pyridine rings is 2. The van der Waals surface area contributed by atoms with Crippen LogP contribution in [0.1, 0.15) is 87.4 Å². The van der Waals surface area contributed by atoms with Crippen LogP contribution in [0.4, 0.5) is 0 Å². The first kappa shape index (κ1) is 27.7. The summed E-state index contributed by atoms with van der Waals surface area (Å²) in [6.07, 6.45) is 12.9. The van der Waals surface area contributed by atoms with Gasteiger partial charge in [0.05, 0.1) is 11.0 Å². The highest BCUT2D eigenvalue weighted by molar-refractivity contribution is 6.09. The van der Waals surface area contributed by atoms with Crippen molar-refractivity contribution in [2.75, 3.05) is 0 Å². The van der Waals surface area contributed by atoms with Crippen LogP contribution in [-0.4, -0.2) is 9.97 Å². The number of aromatic nitrogens is 2. The first-order valence-electron chi connectivity index (χ1n) is 17.6.